The van der Waals surface area contributed by atoms with Crippen molar-refractivity contribution in [3.63, 3.8) is 0 Å². The number of hydrogen-bond acceptors (Lipinski definition) is 4. The zero-order valence-corrected chi connectivity index (χ0v) is 12.1. The Kier molecular flexibility index (Phi) is 4.63. The molecule has 0 aliphatic rings. The second-order valence-corrected chi connectivity index (χ2v) is 4.73. The topological polar surface area (TPSA) is 89.3 Å². The van der Waals surface area contributed by atoms with E-state index in [1.165, 1.54) is 31.2 Å². The first kappa shape index (κ1) is 17.1. The molecular weight excluding hydrogens is 329 g/mol. The number of ketones is 1. The van der Waals surface area contributed by atoms with Gasteiger partial charge in [-0.2, -0.15) is 4.39 Å². The molecular formula is C15H9F3N2O4. The molecule has 0 heterocycles. The number of nitrogens with one attached hydrogen (secondary N) is 1. The summed E-state index contributed by atoms with van der Waals surface area (Å²) < 4.78 is 40.4. The van der Waals surface area contributed by atoms with Gasteiger partial charge in [0, 0.05) is 17.3 Å². The molecule has 1 amide bonds. The van der Waals surface area contributed by atoms with Crippen molar-refractivity contribution in [1.29, 1.82) is 0 Å². The second-order valence-electron chi connectivity index (χ2n) is 4.73. The van der Waals surface area contributed by atoms with Crippen LogP contribution in [-0.2, 0) is 0 Å². The molecule has 0 bridgehead atoms. The van der Waals surface area contributed by atoms with E-state index in [0.717, 1.165) is 0 Å². The van der Waals surface area contributed by atoms with Crippen molar-refractivity contribution in [2.24, 2.45) is 0 Å². The molecule has 124 valence electrons. The summed E-state index contributed by atoms with van der Waals surface area (Å²) in [6.45, 7) is 1.34. The molecule has 0 saturated carbocycles. The van der Waals surface area contributed by atoms with E-state index in [0.29, 0.717) is 11.6 Å². The van der Waals surface area contributed by atoms with Crippen LogP contribution < -0.4 is 5.32 Å². The van der Waals surface area contributed by atoms with Crippen LogP contribution in [0.5, 0.6) is 0 Å². The van der Waals surface area contributed by atoms with Crippen LogP contribution in [0.1, 0.15) is 27.6 Å². The van der Waals surface area contributed by atoms with Crippen molar-refractivity contribution >= 4 is 23.1 Å². The predicted molar refractivity (Wildman–Crippen MR) is 77.4 cm³/mol. The Morgan fingerprint density at radius 3 is 2.12 bits per heavy atom. The Morgan fingerprint density at radius 2 is 1.62 bits per heavy atom. The average molecular weight is 338 g/mol. The van der Waals surface area contributed by atoms with Gasteiger partial charge in [0.15, 0.2) is 11.6 Å². The molecule has 0 aliphatic heterocycles. The molecule has 2 aromatic carbocycles. The maximum Gasteiger partial charge on any atom is 0.308 e. The van der Waals surface area contributed by atoms with E-state index in [4.69, 9.17) is 0 Å². The van der Waals surface area contributed by atoms with Crippen molar-refractivity contribution in [1.82, 2.24) is 0 Å². The third kappa shape index (κ3) is 3.24. The van der Waals surface area contributed by atoms with Gasteiger partial charge >= 0.3 is 5.69 Å². The highest BCUT2D eigenvalue weighted by molar-refractivity contribution is 6.05. The lowest BCUT2D eigenvalue weighted by molar-refractivity contribution is -0.387. The number of hydrogen-bond donors (Lipinski definition) is 1. The lowest BCUT2D eigenvalue weighted by atomic mass is 10.1. The number of Topliss-reactive ketones (excluding diaryl/α,β-unsaturated/α-hetero) is 1. The summed E-state index contributed by atoms with van der Waals surface area (Å²) >= 11 is 0. The number of carbonyl (C=O) groups excluding carboxylic acids is 2. The van der Waals surface area contributed by atoms with Crippen LogP contribution >= 0.6 is 0 Å². The van der Waals surface area contributed by atoms with Crippen LogP contribution in [0.15, 0.2) is 30.3 Å². The molecule has 9 heteroatoms. The summed E-state index contributed by atoms with van der Waals surface area (Å²) in [5, 5.41) is 12.8. The molecule has 0 atom stereocenters. The number of anilines is 1. The van der Waals surface area contributed by atoms with Gasteiger partial charge in [-0.3, -0.25) is 19.7 Å². The fourth-order valence-electron chi connectivity index (χ4n) is 1.88. The predicted octanol–water partition coefficient (Wildman–Crippen LogP) is 3.47. The molecule has 6 nitrogen and oxygen atoms in total. The van der Waals surface area contributed by atoms with Gasteiger partial charge < -0.3 is 5.32 Å². The third-order valence-corrected chi connectivity index (χ3v) is 3.12. The Morgan fingerprint density at radius 1 is 1.04 bits per heavy atom. The third-order valence-electron chi connectivity index (χ3n) is 3.12. The SMILES string of the molecule is CC(=O)c1ccc(NC(=O)c2cc([N+](=O)[O-])c(F)c(F)c2F)cc1. The fourth-order valence-corrected chi connectivity index (χ4v) is 1.88. The number of benzene rings is 2. The Balaban J connectivity index is 2.36. The molecule has 2 aromatic rings. The summed E-state index contributed by atoms with van der Waals surface area (Å²) in [5.41, 5.74) is -1.87. The maximum absolute atomic E-state index is 13.7. The zero-order chi connectivity index (χ0) is 18.0. The summed E-state index contributed by atoms with van der Waals surface area (Å²) in [5.74, 6) is -7.35. The van der Waals surface area contributed by atoms with Crippen molar-refractivity contribution in [2.45, 2.75) is 6.92 Å². The van der Waals surface area contributed by atoms with Crippen molar-refractivity contribution in [3.05, 3.63) is 69.0 Å². The summed E-state index contributed by atoms with van der Waals surface area (Å²) in [6, 6.07) is 5.76. The van der Waals surface area contributed by atoms with Crippen LogP contribution in [0.3, 0.4) is 0 Å². The van der Waals surface area contributed by atoms with Gasteiger partial charge in [-0.1, -0.05) is 0 Å². The number of rotatable bonds is 4. The molecule has 2 rings (SSSR count). The number of carbonyl (C=O) groups is 2. The Labute approximate surface area is 133 Å². The van der Waals surface area contributed by atoms with E-state index in [1.807, 2.05) is 0 Å². The van der Waals surface area contributed by atoms with Gasteiger partial charge in [0.05, 0.1) is 10.5 Å². The van der Waals surface area contributed by atoms with Gasteiger partial charge in [-0.15, -0.1) is 0 Å². The zero-order valence-electron chi connectivity index (χ0n) is 12.1. The second kappa shape index (κ2) is 6.49. The van der Waals surface area contributed by atoms with E-state index >= 15 is 0 Å². The number of nitrogens with zero attached hydrogens (tertiary/aromatic N) is 1. The highest BCUT2D eigenvalue weighted by atomic mass is 19.2. The minimum atomic E-state index is -2.11. The molecule has 0 saturated heterocycles. The lowest BCUT2D eigenvalue weighted by Gasteiger charge is -2.08. The number of halogens is 3. The van der Waals surface area contributed by atoms with Gasteiger partial charge in [0.25, 0.3) is 5.91 Å². The number of amides is 1. The minimum absolute atomic E-state index is 0.136. The normalized spacial score (nSPS) is 10.3. The summed E-state index contributed by atoms with van der Waals surface area (Å²) in [6.07, 6.45) is 0. The minimum Gasteiger partial charge on any atom is -0.322 e. The highest BCUT2D eigenvalue weighted by Crippen LogP contribution is 2.26. The highest BCUT2D eigenvalue weighted by Gasteiger charge is 2.28. The van der Waals surface area contributed by atoms with Crippen LogP contribution in [0.2, 0.25) is 0 Å². The van der Waals surface area contributed by atoms with Crippen LogP contribution in [0.25, 0.3) is 0 Å². The van der Waals surface area contributed by atoms with E-state index in [1.54, 1.807) is 0 Å². The molecule has 0 spiro atoms. The Hall–Kier alpha value is -3.23. The van der Waals surface area contributed by atoms with E-state index in [2.05, 4.69) is 5.32 Å². The smallest absolute Gasteiger partial charge is 0.308 e. The van der Waals surface area contributed by atoms with Gasteiger partial charge in [-0.05, 0) is 31.2 Å². The van der Waals surface area contributed by atoms with Gasteiger partial charge in [-0.25, -0.2) is 8.78 Å². The van der Waals surface area contributed by atoms with E-state index in [9.17, 15) is 32.9 Å². The van der Waals surface area contributed by atoms with Crippen LogP contribution in [0, 0.1) is 27.6 Å². The average Bonchev–Trinajstić information content (AvgIpc) is 2.52. The molecule has 0 aliphatic carbocycles. The standard InChI is InChI=1S/C15H9F3N2O4/c1-7(21)8-2-4-9(5-3-8)19-15(22)10-6-11(20(23)24)13(17)14(18)12(10)16/h2-6H,1H3,(H,19,22). The van der Waals surface area contributed by atoms with Gasteiger partial charge in [0.2, 0.25) is 11.6 Å². The molecule has 0 radical (unpaired) electrons. The van der Waals surface area contributed by atoms with E-state index in [-0.39, 0.29) is 11.5 Å². The van der Waals surface area contributed by atoms with Crippen molar-refractivity contribution in [3.8, 4) is 0 Å². The monoisotopic (exact) mass is 338 g/mol. The molecule has 24 heavy (non-hydrogen) atoms. The van der Waals surface area contributed by atoms with Crippen LogP contribution in [-0.4, -0.2) is 16.6 Å². The van der Waals surface area contributed by atoms with Gasteiger partial charge in [0.1, 0.15) is 0 Å². The van der Waals surface area contributed by atoms with Crippen LogP contribution in [0.4, 0.5) is 24.5 Å². The molecule has 0 aromatic heterocycles. The quantitative estimate of drug-likeness (QED) is 0.400. The van der Waals surface area contributed by atoms with Crippen molar-refractivity contribution in [2.75, 3.05) is 5.32 Å². The Bertz CT molecular complexity index is 851. The molecule has 0 unspecified atom stereocenters. The molecule has 1 N–H and O–H groups in total. The summed E-state index contributed by atoms with van der Waals surface area (Å²) in [7, 11) is 0. The van der Waals surface area contributed by atoms with E-state index < -0.39 is 39.5 Å². The first-order chi connectivity index (χ1) is 11.2. The summed E-state index contributed by atoms with van der Waals surface area (Å²) in [4.78, 5) is 32.5. The lowest BCUT2D eigenvalue weighted by Crippen LogP contribution is -2.16. The number of nitro benzene ring substituents is 1. The largest absolute Gasteiger partial charge is 0.322 e. The number of nitro groups is 1. The molecule has 0 fully saturated rings. The first-order valence-electron chi connectivity index (χ1n) is 6.46. The first-order valence-corrected chi connectivity index (χ1v) is 6.46. The fraction of sp³-hybridized carbons (Fsp3) is 0.0667. The maximum atomic E-state index is 13.7. The van der Waals surface area contributed by atoms with Crippen molar-refractivity contribution < 1.29 is 27.7 Å².